The zero-order valence-electron chi connectivity index (χ0n) is 8.86. The third-order valence-electron chi connectivity index (χ3n) is 2.05. The first-order valence-electron chi connectivity index (χ1n) is 4.94. The number of hydrogen-bond acceptors (Lipinski definition) is 1. The van der Waals surface area contributed by atoms with E-state index < -0.39 is 0 Å². The van der Waals surface area contributed by atoms with E-state index in [1.807, 2.05) is 18.2 Å². The summed E-state index contributed by atoms with van der Waals surface area (Å²) < 4.78 is 0. The van der Waals surface area contributed by atoms with E-state index in [0.29, 0.717) is 11.7 Å². The highest BCUT2D eigenvalue weighted by molar-refractivity contribution is 7.80. The molecule has 80 valence electrons. The molecule has 0 aromatic heterocycles. The Morgan fingerprint density at radius 1 is 1.47 bits per heavy atom. The molecule has 0 unspecified atom stereocenters. The van der Waals surface area contributed by atoms with Crippen molar-refractivity contribution < 1.29 is 0 Å². The fourth-order valence-electron chi connectivity index (χ4n) is 1.24. The maximum atomic E-state index is 5.13. The highest BCUT2D eigenvalue weighted by atomic mass is 32.1. The molecule has 15 heavy (non-hydrogen) atoms. The fraction of sp³-hybridized carbons (Fsp3) is 0.250. The molecule has 1 atom stereocenters. The lowest BCUT2D eigenvalue weighted by Crippen LogP contribution is -2.36. The van der Waals surface area contributed by atoms with Crippen LogP contribution in [-0.2, 0) is 0 Å². The van der Waals surface area contributed by atoms with Crippen molar-refractivity contribution in [2.75, 3.05) is 6.54 Å². The van der Waals surface area contributed by atoms with Crippen molar-refractivity contribution in [3.8, 4) is 0 Å². The molecule has 0 fully saturated rings. The fourth-order valence-corrected chi connectivity index (χ4v) is 1.50. The lowest BCUT2D eigenvalue weighted by atomic mass is 10.1. The van der Waals surface area contributed by atoms with Crippen LogP contribution in [-0.4, -0.2) is 11.7 Å². The maximum Gasteiger partial charge on any atom is 0.167 e. The van der Waals surface area contributed by atoms with Crippen molar-refractivity contribution in [2.24, 2.45) is 0 Å². The molecule has 0 bridgehead atoms. The Labute approximate surface area is 96.4 Å². The monoisotopic (exact) mass is 220 g/mol. The predicted octanol–water partition coefficient (Wildman–Crippen LogP) is 2.40. The topological polar surface area (TPSA) is 24.1 Å². The first kappa shape index (κ1) is 11.7. The van der Waals surface area contributed by atoms with Crippen LogP contribution in [0.5, 0.6) is 0 Å². The van der Waals surface area contributed by atoms with Gasteiger partial charge in [0.15, 0.2) is 5.11 Å². The highest BCUT2D eigenvalue weighted by Gasteiger charge is 2.04. The zero-order valence-corrected chi connectivity index (χ0v) is 9.68. The van der Waals surface area contributed by atoms with Gasteiger partial charge in [-0.2, -0.15) is 0 Å². The van der Waals surface area contributed by atoms with E-state index in [0.717, 1.165) is 0 Å². The molecule has 2 nitrogen and oxygen atoms in total. The van der Waals surface area contributed by atoms with Gasteiger partial charge in [0.25, 0.3) is 0 Å². The number of hydrogen-bond donors (Lipinski definition) is 2. The molecule has 0 radical (unpaired) electrons. The molecule has 1 aromatic rings. The smallest absolute Gasteiger partial charge is 0.167 e. The molecule has 0 amide bonds. The molecule has 2 N–H and O–H groups in total. The summed E-state index contributed by atoms with van der Waals surface area (Å²) in [6.45, 7) is 6.39. The van der Waals surface area contributed by atoms with Crippen LogP contribution in [0.3, 0.4) is 0 Å². The van der Waals surface area contributed by atoms with Crippen LogP contribution < -0.4 is 10.6 Å². The number of rotatable bonds is 4. The van der Waals surface area contributed by atoms with Crippen molar-refractivity contribution in [1.29, 1.82) is 0 Å². The van der Waals surface area contributed by atoms with Gasteiger partial charge >= 0.3 is 0 Å². The standard InChI is InChI=1S/C12H16N2S/c1-3-9-13-12(15)14-10(2)11-7-5-4-6-8-11/h3-8,10H,1,9H2,2H3,(H2,13,14,15)/t10-/m1/s1. The average molecular weight is 220 g/mol. The molecule has 0 spiro atoms. The largest absolute Gasteiger partial charge is 0.359 e. The zero-order chi connectivity index (χ0) is 11.1. The molecule has 0 saturated heterocycles. The molecule has 3 heteroatoms. The van der Waals surface area contributed by atoms with Crippen LogP contribution in [0.25, 0.3) is 0 Å². The van der Waals surface area contributed by atoms with Crippen LogP contribution >= 0.6 is 12.2 Å². The lowest BCUT2D eigenvalue weighted by Gasteiger charge is -2.16. The SMILES string of the molecule is C=CCNC(=S)N[C@H](C)c1ccccc1. The Morgan fingerprint density at radius 2 is 2.13 bits per heavy atom. The van der Waals surface area contributed by atoms with Gasteiger partial charge in [-0.25, -0.2) is 0 Å². The van der Waals surface area contributed by atoms with Crippen LogP contribution in [0.15, 0.2) is 43.0 Å². The van der Waals surface area contributed by atoms with Gasteiger partial charge in [0, 0.05) is 6.54 Å². The van der Waals surface area contributed by atoms with E-state index in [9.17, 15) is 0 Å². The second kappa shape index (κ2) is 6.19. The van der Waals surface area contributed by atoms with E-state index >= 15 is 0 Å². The Kier molecular flexibility index (Phi) is 4.84. The Bertz CT molecular complexity index is 322. The van der Waals surface area contributed by atoms with Crippen LogP contribution in [0.2, 0.25) is 0 Å². The van der Waals surface area contributed by atoms with Gasteiger partial charge in [0.05, 0.1) is 6.04 Å². The predicted molar refractivity (Wildman–Crippen MR) is 68.8 cm³/mol. The van der Waals surface area contributed by atoms with E-state index in [-0.39, 0.29) is 6.04 Å². The van der Waals surface area contributed by atoms with Crippen LogP contribution in [0.4, 0.5) is 0 Å². The first-order valence-corrected chi connectivity index (χ1v) is 5.35. The van der Waals surface area contributed by atoms with Crippen molar-refractivity contribution in [3.63, 3.8) is 0 Å². The summed E-state index contributed by atoms with van der Waals surface area (Å²) >= 11 is 5.13. The van der Waals surface area contributed by atoms with Gasteiger partial charge in [-0.1, -0.05) is 36.4 Å². The van der Waals surface area contributed by atoms with E-state index in [1.165, 1.54) is 5.56 Å². The van der Waals surface area contributed by atoms with Gasteiger partial charge in [-0.05, 0) is 24.7 Å². The normalized spacial score (nSPS) is 11.5. The third-order valence-corrected chi connectivity index (χ3v) is 2.32. The highest BCUT2D eigenvalue weighted by Crippen LogP contribution is 2.10. The minimum absolute atomic E-state index is 0.219. The summed E-state index contributed by atoms with van der Waals surface area (Å²) in [5, 5.41) is 6.90. The van der Waals surface area contributed by atoms with Gasteiger partial charge in [-0.3, -0.25) is 0 Å². The minimum atomic E-state index is 0.219. The molecule has 0 aliphatic heterocycles. The van der Waals surface area contributed by atoms with Crippen LogP contribution in [0, 0.1) is 0 Å². The van der Waals surface area contributed by atoms with E-state index in [1.54, 1.807) is 6.08 Å². The third kappa shape index (κ3) is 4.13. The average Bonchev–Trinajstić information content (AvgIpc) is 2.27. The number of nitrogens with one attached hydrogen (secondary N) is 2. The van der Waals surface area contributed by atoms with Crippen molar-refractivity contribution >= 4 is 17.3 Å². The Morgan fingerprint density at radius 3 is 2.73 bits per heavy atom. The van der Waals surface area contributed by atoms with Crippen molar-refractivity contribution in [3.05, 3.63) is 48.6 Å². The molecular weight excluding hydrogens is 204 g/mol. The Hall–Kier alpha value is -1.35. The van der Waals surface area contributed by atoms with Gasteiger partial charge < -0.3 is 10.6 Å². The minimum Gasteiger partial charge on any atom is -0.359 e. The number of benzene rings is 1. The molecule has 0 aliphatic carbocycles. The summed E-state index contributed by atoms with van der Waals surface area (Å²) in [5.74, 6) is 0. The molecule has 0 saturated carbocycles. The molecule has 0 aliphatic rings. The van der Waals surface area contributed by atoms with Gasteiger partial charge in [0.2, 0.25) is 0 Å². The summed E-state index contributed by atoms with van der Waals surface area (Å²) in [7, 11) is 0. The van der Waals surface area contributed by atoms with Crippen LogP contribution in [0.1, 0.15) is 18.5 Å². The summed E-state index contributed by atoms with van der Waals surface area (Å²) in [6, 6.07) is 10.4. The lowest BCUT2D eigenvalue weighted by molar-refractivity contribution is 0.705. The Balaban J connectivity index is 2.45. The first-order chi connectivity index (χ1) is 7.24. The summed E-state index contributed by atoms with van der Waals surface area (Å²) in [4.78, 5) is 0. The van der Waals surface area contributed by atoms with Gasteiger partial charge in [-0.15, -0.1) is 6.58 Å². The number of thiocarbonyl (C=S) groups is 1. The summed E-state index contributed by atoms with van der Waals surface area (Å²) in [5.41, 5.74) is 1.22. The molecule has 1 rings (SSSR count). The quantitative estimate of drug-likeness (QED) is 0.602. The maximum absolute atomic E-state index is 5.13. The molecular formula is C12H16N2S. The summed E-state index contributed by atoms with van der Waals surface area (Å²) in [6.07, 6.45) is 1.78. The van der Waals surface area contributed by atoms with Crippen molar-refractivity contribution in [2.45, 2.75) is 13.0 Å². The second-order valence-electron chi connectivity index (χ2n) is 3.28. The van der Waals surface area contributed by atoms with Gasteiger partial charge in [0.1, 0.15) is 0 Å². The molecule has 0 heterocycles. The van der Waals surface area contributed by atoms with E-state index in [4.69, 9.17) is 12.2 Å². The molecule has 1 aromatic carbocycles. The second-order valence-corrected chi connectivity index (χ2v) is 3.68. The van der Waals surface area contributed by atoms with E-state index in [2.05, 4.69) is 36.3 Å². The van der Waals surface area contributed by atoms with Crippen molar-refractivity contribution in [1.82, 2.24) is 10.6 Å².